The number of esters is 1. The lowest BCUT2D eigenvalue weighted by Gasteiger charge is -2.28. The lowest BCUT2D eigenvalue weighted by molar-refractivity contribution is -0.155. The van der Waals surface area contributed by atoms with Crippen molar-refractivity contribution in [3.63, 3.8) is 0 Å². The van der Waals surface area contributed by atoms with Gasteiger partial charge in [-0.3, -0.25) is 4.79 Å². The fourth-order valence-corrected chi connectivity index (χ4v) is 3.29. The minimum atomic E-state index is -1.05. The minimum absolute atomic E-state index is 0.000141. The van der Waals surface area contributed by atoms with Crippen LogP contribution < -0.4 is 0 Å². The summed E-state index contributed by atoms with van der Waals surface area (Å²) in [4.78, 5) is 12.1. The summed E-state index contributed by atoms with van der Waals surface area (Å²) in [6.07, 6.45) is 14.6. The number of allylic oxidation sites excluding steroid dienone is 7. The molecule has 0 saturated heterocycles. The molecule has 0 unspecified atom stereocenters. The van der Waals surface area contributed by atoms with Gasteiger partial charge in [0, 0.05) is 11.8 Å². The zero-order chi connectivity index (χ0) is 25.2. The molecule has 0 saturated carbocycles. The third-order valence-corrected chi connectivity index (χ3v) is 5.70. The Morgan fingerprint density at radius 2 is 1.42 bits per heavy atom. The molecular formula is C27H46O6. The highest BCUT2D eigenvalue weighted by molar-refractivity contribution is 5.70. The predicted octanol–water partition coefficient (Wildman–Crippen LogP) is 4.24. The van der Waals surface area contributed by atoms with Gasteiger partial charge in [0.25, 0.3) is 0 Å². The molecule has 6 nitrogen and oxygen atoms in total. The number of ether oxygens (including phenoxy) is 1. The Morgan fingerprint density at radius 1 is 0.848 bits per heavy atom. The van der Waals surface area contributed by atoms with Crippen LogP contribution in [0.15, 0.2) is 48.6 Å². The highest BCUT2D eigenvalue weighted by Gasteiger charge is 2.28. The number of hydrogen-bond donors (Lipinski definition) is 4. The zero-order valence-electron chi connectivity index (χ0n) is 21.0. The maximum Gasteiger partial charge on any atom is 0.308 e. The number of carbonyl (C=O) groups is 1. The number of carbonyl (C=O) groups excluding carboxylic acids is 1. The number of aliphatic hydroxyl groups excluding tert-OH is 4. The summed E-state index contributed by atoms with van der Waals surface area (Å²) in [6.45, 7) is 9.25. The topological polar surface area (TPSA) is 107 Å². The molecule has 0 fully saturated rings. The summed E-state index contributed by atoms with van der Waals surface area (Å²) >= 11 is 0. The lowest BCUT2D eigenvalue weighted by Crippen LogP contribution is -2.35. The SMILES string of the molecule is C/C=C/C=C/CC/C=C/C=C/[C@H](C)[C@@H](O)[C@@H](C)[C@H](C)OC(=O)C[C@H](O)C[C@H](O)C[C@H](O)CC. The quantitative estimate of drug-likeness (QED) is 0.145. The van der Waals surface area contributed by atoms with Gasteiger partial charge >= 0.3 is 5.97 Å². The van der Waals surface area contributed by atoms with E-state index in [4.69, 9.17) is 4.74 Å². The third kappa shape index (κ3) is 15.7. The van der Waals surface area contributed by atoms with E-state index in [-0.39, 0.29) is 31.1 Å². The molecule has 0 radical (unpaired) electrons. The molecule has 7 atom stereocenters. The van der Waals surface area contributed by atoms with Crippen LogP contribution >= 0.6 is 0 Å². The van der Waals surface area contributed by atoms with Crippen molar-refractivity contribution in [3.8, 4) is 0 Å². The summed E-state index contributed by atoms with van der Waals surface area (Å²) < 4.78 is 5.40. The number of unbranched alkanes of at least 4 members (excludes halogenated alkanes) is 1. The third-order valence-electron chi connectivity index (χ3n) is 5.70. The number of aliphatic hydroxyl groups is 4. The van der Waals surface area contributed by atoms with Gasteiger partial charge in [0.15, 0.2) is 0 Å². The molecule has 6 heteroatoms. The van der Waals surface area contributed by atoms with Crippen LogP contribution in [0.2, 0.25) is 0 Å². The van der Waals surface area contributed by atoms with Crippen molar-refractivity contribution in [1.29, 1.82) is 0 Å². The maximum atomic E-state index is 12.1. The molecule has 0 heterocycles. The molecule has 0 rings (SSSR count). The van der Waals surface area contributed by atoms with Gasteiger partial charge in [-0.05, 0) is 46.0 Å². The van der Waals surface area contributed by atoms with E-state index in [0.29, 0.717) is 6.42 Å². The smallest absolute Gasteiger partial charge is 0.308 e. The molecule has 0 aliphatic carbocycles. The van der Waals surface area contributed by atoms with Crippen LogP contribution in [-0.4, -0.2) is 56.9 Å². The van der Waals surface area contributed by atoms with Crippen molar-refractivity contribution < 1.29 is 30.0 Å². The first-order valence-corrected chi connectivity index (χ1v) is 12.1. The van der Waals surface area contributed by atoms with E-state index in [9.17, 15) is 25.2 Å². The van der Waals surface area contributed by atoms with Gasteiger partial charge in [0.2, 0.25) is 0 Å². The maximum absolute atomic E-state index is 12.1. The van der Waals surface area contributed by atoms with E-state index in [1.54, 1.807) is 6.92 Å². The van der Waals surface area contributed by atoms with Crippen LogP contribution in [0.4, 0.5) is 0 Å². The first kappa shape index (κ1) is 31.3. The van der Waals surface area contributed by atoms with Crippen molar-refractivity contribution in [2.45, 2.75) is 104 Å². The second-order valence-electron chi connectivity index (χ2n) is 8.79. The van der Waals surface area contributed by atoms with Crippen molar-refractivity contribution in [2.75, 3.05) is 0 Å². The van der Waals surface area contributed by atoms with Crippen molar-refractivity contribution in [1.82, 2.24) is 0 Å². The van der Waals surface area contributed by atoms with Crippen LogP contribution in [-0.2, 0) is 9.53 Å². The lowest BCUT2D eigenvalue weighted by atomic mass is 9.89. The van der Waals surface area contributed by atoms with Crippen LogP contribution in [0, 0.1) is 11.8 Å². The van der Waals surface area contributed by atoms with Gasteiger partial charge in [-0.2, -0.15) is 0 Å². The molecule has 0 aliphatic rings. The van der Waals surface area contributed by atoms with E-state index < -0.39 is 36.5 Å². The number of hydrogen-bond acceptors (Lipinski definition) is 6. The van der Waals surface area contributed by atoms with Crippen LogP contribution in [0.25, 0.3) is 0 Å². The first-order valence-electron chi connectivity index (χ1n) is 12.1. The predicted molar refractivity (Wildman–Crippen MR) is 134 cm³/mol. The fourth-order valence-electron chi connectivity index (χ4n) is 3.29. The zero-order valence-corrected chi connectivity index (χ0v) is 21.0. The summed E-state index contributed by atoms with van der Waals surface area (Å²) in [5.74, 6) is -0.991. The van der Waals surface area contributed by atoms with Gasteiger partial charge in [-0.15, -0.1) is 0 Å². The van der Waals surface area contributed by atoms with E-state index >= 15 is 0 Å². The van der Waals surface area contributed by atoms with Crippen LogP contribution in [0.1, 0.15) is 73.1 Å². The van der Waals surface area contributed by atoms with Crippen LogP contribution in [0.5, 0.6) is 0 Å². The average molecular weight is 467 g/mol. The van der Waals surface area contributed by atoms with Crippen molar-refractivity contribution in [3.05, 3.63) is 48.6 Å². The van der Waals surface area contributed by atoms with Gasteiger partial charge in [0.05, 0.1) is 30.8 Å². The number of rotatable bonds is 17. The van der Waals surface area contributed by atoms with Crippen LogP contribution in [0.3, 0.4) is 0 Å². The molecule has 0 amide bonds. The Morgan fingerprint density at radius 3 is 2.00 bits per heavy atom. The summed E-state index contributed by atoms with van der Waals surface area (Å²) in [5, 5.41) is 40.1. The van der Waals surface area contributed by atoms with Gasteiger partial charge in [0.1, 0.15) is 6.10 Å². The van der Waals surface area contributed by atoms with E-state index in [1.165, 1.54) is 0 Å². The van der Waals surface area contributed by atoms with Crippen molar-refractivity contribution >= 4 is 5.97 Å². The summed E-state index contributed by atoms with van der Waals surface area (Å²) in [7, 11) is 0. The Hall–Kier alpha value is -1.73. The second kappa shape index (κ2) is 18.7. The molecule has 0 spiro atoms. The molecule has 0 aromatic carbocycles. The normalized spacial score (nSPS) is 19.2. The molecule has 4 N–H and O–H groups in total. The Labute approximate surface area is 200 Å². The van der Waals surface area contributed by atoms with Gasteiger partial charge in [-0.1, -0.05) is 69.4 Å². The second-order valence-corrected chi connectivity index (χ2v) is 8.79. The monoisotopic (exact) mass is 466 g/mol. The molecule has 33 heavy (non-hydrogen) atoms. The van der Waals surface area contributed by atoms with Crippen molar-refractivity contribution in [2.24, 2.45) is 11.8 Å². The molecule has 0 bridgehead atoms. The molecule has 190 valence electrons. The molecule has 0 aromatic rings. The Kier molecular flexibility index (Phi) is 17.7. The summed E-state index contributed by atoms with van der Waals surface area (Å²) in [5.41, 5.74) is 0. The highest BCUT2D eigenvalue weighted by Crippen LogP contribution is 2.21. The average Bonchev–Trinajstić information content (AvgIpc) is 2.75. The fraction of sp³-hybridized carbons (Fsp3) is 0.667. The minimum Gasteiger partial charge on any atom is -0.462 e. The Bertz CT molecular complexity index is 624. The molecule has 0 aliphatic heterocycles. The standard InChI is InChI=1S/C27H46O6/c1-6-8-9-10-11-12-13-14-15-16-20(3)27(32)21(4)22(5)33-26(31)19-25(30)18-24(29)17-23(28)7-2/h6,8-10,13-16,20-25,27-30,32H,7,11-12,17-19H2,1-5H3/b8-6+,10-9+,14-13+,16-15+/t20-,21-,22-,23+,24+,25+,27+/m0/s1. The van der Waals surface area contributed by atoms with E-state index in [0.717, 1.165) is 12.8 Å². The van der Waals surface area contributed by atoms with Gasteiger partial charge < -0.3 is 25.2 Å². The first-order chi connectivity index (χ1) is 15.6. The molecular weight excluding hydrogens is 420 g/mol. The summed E-state index contributed by atoms with van der Waals surface area (Å²) in [6, 6.07) is 0. The van der Waals surface area contributed by atoms with E-state index in [2.05, 4.69) is 12.2 Å². The highest BCUT2D eigenvalue weighted by atomic mass is 16.5. The van der Waals surface area contributed by atoms with Gasteiger partial charge in [-0.25, -0.2) is 0 Å². The Balaban J connectivity index is 4.40. The largest absolute Gasteiger partial charge is 0.462 e. The molecule has 0 aromatic heterocycles. The van der Waals surface area contributed by atoms with E-state index in [1.807, 2.05) is 64.2 Å².